The predicted octanol–water partition coefficient (Wildman–Crippen LogP) is 1.54. The van der Waals surface area contributed by atoms with E-state index in [0.29, 0.717) is 30.5 Å². The van der Waals surface area contributed by atoms with Gasteiger partial charge in [-0.3, -0.25) is 14.7 Å². The molecule has 3 rings (SSSR count). The summed E-state index contributed by atoms with van der Waals surface area (Å²) in [7, 11) is 1.89. The molecule has 0 spiro atoms. The number of hydrogen-bond donors (Lipinski definition) is 2. The number of nitrogen functional groups attached to an aromatic ring is 1. The fourth-order valence-corrected chi connectivity index (χ4v) is 3.68. The van der Waals surface area contributed by atoms with Gasteiger partial charge in [-0.15, -0.1) is 11.3 Å². The van der Waals surface area contributed by atoms with Crippen LogP contribution in [0.25, 0.3) is 0 Å². The summed E-state index contributed by atoms with van der Waals surface area (Å²) < 4.78 is 38.0. The van der Waals surface area contributed by atoms with E-state index in [1.165, 1.54) is 6.07 Å². The van der Waals surface area contributed by atoms with Gasteiger partial charge in [0, 0.05) is 37.1 Å². The summed E-state index contributed by atoms with van der Waals surface area (Å²) in [6.45, 7) is 1.63. The molecule has 0 saturated carbocycles. The quantitative estimate of drug-likeness (QED) is 0.844. The summed E-state index contributed by atoms with van der Waals surface area (Å²) in [6.07, 6.45) is -3.63. The first kappa shape index (κ1) is 17.7. The standard InChI is InChI=1S/C14H17F3N6OS/c1-22(5-8-4-11(24)21-12(18)19-8)9-2-3-23(6-9)13-20-10(7-25-13)14(15,16)17/h4,7,9H,2-3,5-6H2,1H3,(H3,18,19,21,24)/t9-/m1/s1. The van der Waals surface area contributed by atoms with Gasteiger partial charge < -0.3 is 10.6 Å². The second kappa shape index (κ2) is 6.64. The van der Waals surface area contributed by atoms with Gasteiger partial charge in [-0.1, -0.05) is 0 Å². The van der Waals surface area contributed by atoms with Gasteiger partial charge in [-0.05, 0) is 13.5 Å². The van der Waals surface area contributed by atoms with E-state index >= 15 is 0 Å². The molecule has 0 amide bonds. The number of rotatable bonds is 4. The third kappa shape index (κ3) is 4.10. The number of likely N-dealkylation sites (N-methyl/N-ethyl adjacent to an activating group) is 1. The number of hydrogen-bond acceptors (Lipinski definition) is 7. The minimum atomic E-state index is -4.42. The third-order valence-corrected chi connectivity index (χ3v) is 4.97. The van der Waals surface area contributed by atoms with E-state index < -0.39 is 11.9 Å². The van der Waals surface area contributed by atoms with Crippen LogP contribution < -0.4 is 16.2 Å². The third-order valence-electron chi connectivity index (χ3n) is 4.06. The predicted molar refractivity (Wildman–Crippen MR) is 88.5 cm³/mol. The maximum Gasteiger partial charge on any atom is 0.434 e. The molecule has 25 heavy (non-hydrogen) atoms. The number of anilines is 2. The van der Waals surface area contributed by atoms with Crippen molar-refractivity contribution in [3.05, 3.63) is 33.2 Å². The van der Waals surface area contributed by atoms with E-state index in [0.717, 1.165) is 23.1 Å². The zero-order valence-corrected chi connectivity index (χ0v) is 14.2. The zero-order valence-electron chi connectivity index (χ0n) is 13.4. The van der Waals surface area contributed by atoms with E-state index in [-0.39, 0.29) is 17.5 Å². The second-order valence-corrected chi connectivity index (χ2v) is 6.78. The van der Waals surface area contributed by atoms with Crippen molar-refractivity contribution >= 4 is 22.4 Å². The van der Waals surface area contributed by atoms with Crippen LogP contribution in [-0.2, 0) is 12.7 Å². The molecule has 0 radical (unpaired) electrons. The van der Waals surface area contributed by atoms with Crippen molar-refractivity contribution in [2.45, 2.75) is 25.2 Å². The van der Waals surface area contributed by atoms with Crippen molar-refractivity contribution in [2.24, 2.45) is 0 Å². The Balaban J connectivity index is 1.64. The van der Waals surface area contributed by atoms with E-state index in [2.05, 4.69) is 15.0 Å². The summed E-state index contributed by atoms with van der Waals surface area (Å²) in [5.41, 5.74) is 4.92. The molecule has 2 aromatic rings. The molecule has 2 aromatic heterocycles. The molecule has 3 heterocycles. The van der Waals surface area contributed by atoms with Crippen molar-refractivity contribution in [2.75, 3.05) is 30.8 Å². The lowest BCUT2D eigenvalue weighted by Crippen LogP contribution is -2.34. The van der Waals surface area contributed by atoms with E-state index in [1.807, 2.05) is 16.8 Å². The highest BCUT2D eigenvalue weighted by atomic mass is 32.1. The molecule has 1 atom stereocenters. The largest absolute Gasteiger partial charge is 0.434 e. The minimum absolute atomic E-state index is 0.0615. The first-order valence-electron chi connectivity index (χ1n) is 7.56. The first-order valence-corrected chi connectivity index (χ1v) is 8.44. The van der Waals surface area contributed by atoms with Gasteiger partial charge in [0.1, 0.15) is 0 Å². The lowest BCUT2D eigenvalue weighted by atomic mass is 10.2. The van der Waals surface area contributed by atoms with Crippen molar-refractivity contribution in [3.8, 4) is 0 Å². The number of nitrogens with zero attached hydrogens (tertiary/aromatic N) is 4. The lowest BCUT2D eigenvalue weighted by Gasteiger charge is -2.24. The highest BCUT2D eigenvalue weighted by Gasteiger charge is 2.35. The number of aromatic nitrogens is 3. The van der Waals surface area contributed by atoms with Gasteiger partial charge in [0.15, 0.2) is 10.8 Å². The molecular weight excluding hydrogens is 357 g/mol. The minimum Gasteiger partial charge on any atom is -0.369 e. The van der Waals surface area contributed by atoms with Gasteiger partial charge in [0.2, 0.25) is 5.95 Å². The maximum atomic E-state index is 12.7. The molecule has 0 unspecified atom stereocenters. The van der Waals surface area contributed by atoms with Crippen LogP contribution in [0.4, 0.5) is 24.3 Å². The smallest absolute Gasteiger partial charge is 0.369 e. The molecule has 1 aliphatic rings. The van der Waals surface area contributed by atoms with Gasteiger partial charge in [-0.2, -0.15) is 13.2 Å². The number of alkyl halides is 3. The van der Waals surface area contributed by atoms with Crippen molar-refractivity contribution < 1.29 is 13.2 Å². The normalized spacial score (nSPS) is 18.3. The van der Waals surface area contributed by atoms with E-state index in [9.17, 15) is 18.0 Å². The van der Waals surface area contributed by atoms with Crippen LogP contribution >= 0.6 is 11.3 Å². The number of nitrogens with two attached hydrogens (primary N) is 1. The van der Waals surface area contributed by atoms with Gasteiger partial charge in [0.05, 0.1) is 5.69 Å². The zero-order chi connectivity index (χ0) is 18.2. The van der Waals surface area contributed by atoms with Gasteiger partial charge >= 0.3 is 6.18 Å². The number of nitrogens with one attached hydrogen (secondary N) is 1. The summed E-state index contributed by atoms with van der Waals surface area (Å²) in [5.74, 6) is 0.0615. The Morgan fingerprint density at radius 2 is 2.24 bits per heavy atom. The average molecular weight is 374 g/mol. The Bertz CT molecular complexity index is 804. The van der Waals surface area contributed by atoms with Crippen molar-refractivity contribution in [1.82, 2.24) is 19.9 Å². The molecule has 136 valence electrons. The highest BCUT2D eigenvalue weighted by Crippen LogP contribution is 2.34. The second-order valence-electron chi connectivity index (χ2n) is 5.94. The monoisotopic (exact) mass is 374 g/mol. The Morgan fingerprint density at radius 3 is 2.88 bits per heavy atom. The summed E-state index contributed by atoms with van der Waals surface area (Å²) in [6, 6.07) is 1.51. The molecule has 1 fully saturated rings. The van der Waals surface area contributed by atoms with Gasteiger partial charge in [-0.25, -0.2) is 9.97 Å². The number of H-pyrrole nitrogens is 1. The Labute approximate surface area is 145 Å². The van der Waals surface area contributed by atoms with Crippen LogP contribution in [0.3, 0.4) is 0 Å². The SMILES string of the molecule is CN(Cc1cc(=O)[nH]c(N)n1)[C@@H]1CCN(c2nc(C(F)(F)F)cs2)C1. The van der Waals surface area contributed by atoms with Crippen LogP contribution in [0, 0.1) is 0 Å². The molecule has 1 saturated heterocycles. The molecule has 7 nitrogen and oxygen atoms in total. The molecular formula is C14H17F3N6OS. The molecule has 0 aromatic carbocycles. The molecule has 11 heteroatoms. The Morgan fingerprint density at radius 1 is 1.48 bits per heavy atom. The fraction of sp³-hybridized carbons (Fsp3) is 0.500. The fourth-order valence-electron chi connectivity index (χ4n) is 2.81. The number of aromatic amines is 1. The first-order chi connectivity index (χ1) is 11.7. The molecule has 0 bridgehead atoms. The van der Waals surface area contributed by atoms with Gasteiger partial charge in [0.25, 0.3) is 5.56 Å². The molecule has 0 aliphatic carbocycles. The van der Waals surface area contributed by atoms with Crippen molar-refractivity contribution in [1.29, 1.82) is 0 Å². The highest BCUT2D eigenvalue weighted by molar-refractivity contribution is 7.13. The number of thiazole rings is 1. The van der Waals surface area contributed by atoms with Crippen LogP contribution in [0.5, 0.6) is 0 Å². The van der Waals surface area contributed by atoms with E-state index in [1.54, 1.807) is 0 Å². The average Bonchev–Trinajstić information content (AvgIpc) is 3.15. The van der Waals surface area contributed by atoms with Crippen LogP contribution in [0.1, 0.15) is 17.8 Å². The van der Waals surface area contributed by atoms with Crippen LogP contribution in [0.2, 0.25) is 0 Å². The Kier molecular flexibility index (Phi) is 4.69. The van der Waals surface area contributed by atoms with Crippen LogP contribution in [-0.4, -0.2) is 46.0 Å². The van der Waals surface area contributed by atoms with Crippen molar-refractivity contribution in [3.63, 3.8) is 0 Å². The molecule has 3 N–H and O–H groups in total. The summed E-state index contributed by atoms with van der Waals surface area (Å²) >= 11 is 0.997. The van der Waals surface area contributed by atoms with E-state index in [4.69, 9.17) is 5.73 Å². The lowest BCUT2D eigenvalue weighted by molar-refractivity contribution is -0.140. The summed E-state index contributed by atoms with van der Waals surface area (Å²) in [4.78, 5) is 25.5. The Hall–Kier alpha value is -2.14. The maximum absolute atomic E-state index is 12.7. The number of halogens is 3. The topological polar surface area (TPSA) is 91.1 Å². The molecule has 1 aliphatic heterocycles. The van der Waals surface area contributed by atoms with Crippen LogP contribution in [0.15, 0.2) is 16.2 Å². The summed E-state index contributed by atoms with van der Waals surface area (Å²) in [5, 5.41) is 1.41.